The lowest BCUT2D eigenvalue weighted by molar-refractivity contribution is 0.420. The standard InChI is InChI=1S/C14H13ClN2/c15-14-9-16-8-13(17-14)12-7-2-1-6-11(12)10-4-3-5-10/h1-2,6-10H,3-5H2. The first-order chi connectivity index (χ1) is 8.34. The van der Waals surface area contributed by atoms with Gasteiger partial charge in [0, 0.05) is 5.56 Å². The molecule has 1 saturated carbocycles. The Balaban J connectivity index is 2.07. The van der Waals surface area contributed by atoms with E-state index in [1.54, 1.807) is 12.4 Å². The Morgan fingerprint density at radius 1 is 1.12 bits per heavy atom. The molecular weight excluding hydrogens is 232 g/mol. The maximum absolute atomic E-state index is 5.90. The minimum absolute atomic E-state index is 0.450. The van der Waals surface area contributed by atoms with Gasteiger partial charge in [0.1, 0.15) is 5.15 Å². The van der Waals surface area contributed by atoms with Crippen LogP contribution in [-0.4, -0.2) is 9.97 Å². The molecule has 0 N–H and O–H groups in total. The summed E-state index contributed by atoms with van der Waals surface area (Å²) < 4.78 is 0. The SMILES string of the molecule is Clc1cncc(-c2ccccc2C2CCC2)n1. The molecule has 1 aromatic carbocycles. The van der Waals surface area contributed by atoms with Gasteiger partial charge in [-0.1, -0.05) is 42.3 Å². The molecule has 1 aliphatic carbocycles. The van der Waals surface area contributed by atoms with Gasteiger partial charge in [-0.25, -0.2) is 4.98 Å². The summed E-state index contributed by atoms with van der Waals surface area (Å²) in [6.07, 6.45) is 7.25. The van der Waals surface area contributed by atoms with E-state index in [2.05, 4.69) is 28.2 Å². The fourth-order valence-corrected chi connectivity index (χ4v) is 2.42. The van der Waals surface area contributed by atoms with Crippen molar-refractivity contribution in [3.63, 3.8) is 0 Å². The van der Waals surface area contributed by atoms with Crippen molar-refractivity contribution in [3.05, 3.63) is 47.4 Å². The molecule has 86 valence electrons. The smallest absolute Gasteiger partial charge is 0.148 e. The molecule has 1 heterocycles. The van der Waals surface area contributed by atoms with Gasteiger partial charge in [0.15, 0.2) is 0 Å². The number of benzene rings is 1. The molecule has 0 aliphatic heterocycles. The molecule has 0 spiro atoms. The van der Waals surface area contributed by atoms with Crippen molar-refractivity contribution in [1.29, 1.82) is 0 Å². The summed E-state index contributed by atoms with van der Waals surface area (Å²) in [7, 11) is 0. The van der Waals surface area contributed by atoms with Crippen LogP contribution in [0.3, 0.4) is 0 Å². The average molecular weight is 245 g/mol. The van der Waals surface area contributed by atoms with E-state index in [-0.39, 0.29) is 0 Å². The van der Waals surface area contributed by atoms with Gasteiger partial charge in [0.25, 0.3) is 0 Å². The summed E-state index contributed by atoms with van der Waals surface area (Å²) in [4.78, 5) is 8.46. The minimum Gasteiger partial charge on any atom is -0.259 e. The molecule has 0 saturated heterocycles. The quantitative estimate of drug-likeness (QED) is 0.796. The van der Waals surface area contributed by atoms with E-state index in [0.29, 0.717) is 11.1 Å². The van der Waals surface area contributed by atoms with Crippen molar-refractivity contribution >= 4 is 11.6 Å². The number of hydrogen-bond donors (Lipinski definition) is 0. The second-order valence-electron chi connectivity index (χ2n) is 4.44. The molecule has 0 atom stereocenters. The molecule has 3 rings (SSSR count). The van der Waals surface area contributed by atoms with Crippen LogP contribution in [0.4, 0.5) is 0 Å². The third kappa shape index (κ3) is 2.05. The van der Waals surface area contributed by atoms with Crippen LogP contribution in [-0.2, 0) is 0 Å². The molecule has 0 unspecified atom stereocenters. The first-order valence-corrected chi connectivity index (χ1v) is 6.29. The van der Waals surface area contributed by atoms with Crippen molar-refractivity contribution < 1.29 is 0 Å². The topological polar surface area (TPSA) is 25.8 Å². The lowest BCUT2D eigenvalue weighted by atomic mass is 9.78. The summed E-state index contributed by atoms with van der Waals surface area (Å²) in [6.45, 7) is 0. The molecule has 3 heteroatoms. The molecule has 17 heavy (non-hydrogen) atoms. The highest BCUT2D eigenvalue weighted by Gasteiger charge is 2.22. The molecule has 1 aliphatic rings. The molecular formula is C14H13ClN2. The van der Waals surface area contributed by atoms with E-state index in [9.17, 15) is 0 Å². The van der Waals surface area contributed by atoms with Crippen LogP contribution in [0, 0.1) is 0 Å². The molecule has 2 nitrogen and oxygen atoms in total. The monoisotopic (exact) mass is 244 g/mol. The largest absolute Gasteiger partial charge is 0.259 e. The Hall–Kier alpha value is -1.41. The van der Waals surface area contributed by atoms with Gasteiger partial charge in [0.2, 0.25) is 0 Å². The summed E-state index contributed by atoms with van der Waals surface area (Å²) in [6, 6.07) is 8.44. The number of rotatable bonds is 2. The lowest BCUT2D eigenvalue weighted by Gasteiger charge is -2.27. The zero-order chi connectivity index (χ0) is 11.7. The first-order valence-electron chi connectivity index (χ1n) is 5.91. The first kappa shape index (κ1) is 10.7. The highest BCUT2D eigenvalue weighted by Crippen LogP contribution is 2.40. The Labute approximate surface area is 106 Å². The Morgan fingerprint density at radius 3 is 2.65 bits per heavy atom. The van der Waals surface area contributed by atoms with Gasteiger partial charge in [-0.15, -0.1) is 0 Å². The second-order valence-corrected chi connectivity index (χ2v) is 4.83. The van der Waals surface area contributed by atoms with Gasteiger partial charge >= 0.3 is 0 Å². The molecule has 1 fully saturated rings. The Bertz CT molecular complexity index is 535. The predicted molar refractivity (Wildman–Crippen MR) is 69.1 cm³/mol. The number of halogens is 1. The number of aromatic nitrogens is 2. The van der Waals surface area contributed by atoms with Gasteiger partial charge < -0.3 is 0 Å². The molecule has 1 aromatic heterocycles. The Kier molecular flexibility index (Phi) is 2.81. The van der Waals surface area contributed by atoms with Gasteiger partial charge in [-0.3, -0.25) is 4.98 Å². The number of hydrogen-bond acceptors (Lipinski definition) is 2. The lowest BCUT2D eigenvalue weighted by Crippen LogP contribution is -2.10. The van der Waals surface area contributed by atoms with Gasteiger partial charge in [-0.2, -0.15) is 0 Å². The molecule has 0 radical (unpaired) electrons. The van der Waals surface area contributed by atoms with E-state index in [1.165, 1.54) is 30.4 Å². The average Bonchev–Trinajstić information content (AvgIpc) is 2.27. The minimum atomic E-state index is 0.450. The van der Waals surface area contributed by atoms with Gasteiger partial charge in [0.05, 0.1) is 18.1 Å². The molecule has 2 aromatic rings. The number of nitrogens with zero attached hydrogens (tertiary/aromatic N) is 2. The predicted octanol–water partition coefficient (Wildman–Crippen LogP) is 4.06. The van der Waals surface area contributed by atoms with E-state index < -0.39 is 0 Å². The molecule has 0 bridgehead atoms. The third-order valence-electron chi connectivity index (χ3n) is 3.39. The van der Waals surface area contributed by atoms with Gasteiger partial charge in [-0.05, 0) is 24.3 Å². The maximum atomic E-state index is 5.90. The van der Waals surface area contributed by atoms with Crippen LogP contribution in [0.2, 0.25) is 5.15 Å². The van der Waals surface area contributed by atoms with Crippen LogP contribution in [0.25, 0.3) is 11.3 Å². The third-order valence-corrected chi connectivity index (χ3v) is 3.57. The van der Waals surface area contributed by atoms with E-state index >= 15 is 0 Å². The van der Waals surface area contributed by atoms with E-state index in [1.807, 2.05) is 6.07 Å². The normalized spacial score (nSPS) is 15.6. The maximum Gasteiger partial charge on any atom is 0.148 e. The summed E-state index contributed by atoms with van der Waals surface area (Å²) in [5.41, 5.74) is 3.43. The van der Waals surface area contributed by atoms with Crippen LogP contribution in [0.15, 0.2) is 36.7 Å². The van der Waals surface area contributed by atoms with Crippen molar-refractivity contribution in [3.8, 4) is 11.3 Å². The van der Waals surface area contributed by atoms with Crippen LogP contribution >= 0.6 is 11.6 Å². The summed E-state index contributed by atoms with van der Waals surface area (Å²) in [5, 5.41) is 0.450. The van der Waals surface area contributed by atoms with E-state index in [0.717, 1.165) is 5.69 Å². The fourth-order valence-electron chi connectivity index (χ4n) is 2.28. The van der Waals surface area contributed by atoms with Crippen molar-refractivity contribution in [2.75, 3.05) is 0 Å². The zero-order valence-electron chi connectivity index (χ0n) is 9.44. The molecule has 0 amide bonds. The zero-order valence-corrected chi connectivity index (χ0v) is 10.2. The van der Waals surface area contributed by atoms with Crippen LogP contribution < -0.4 is 0 Å². The second kappa shape index (κ2) is 4.46. The highest BCUT2D eigenvalue weighted by atomic mass is 35.5. The van der Waals surface area contributed by atoms with Crippen molar-refractivity contribution in [2.24, 2.45) is 0 Å². The van der Waals surface area contributed by atoms with Crippen molar-refractivity contribution in [1.82, 2.24) is 9.97 Å². The van der Waals surface area contributed by atoms with E-state index in [4.69, 9.17) is 11.6 Å². The fraction of sp³-hybridized carbons (Fsp3) is 0.286. The Morgan fingerprint density at radius 2 is 1.94 bits per heavy atom. The summed E-state index contributed by atoms with van der Waals surface area (Å²) in [5.74, 6) is 0.687. The van der Waals surface area contributed by atoms with Crippen molar-refractivity contribution in [2.45, 2.75) is 25.2 Å². The van der Waals surface area contributed by atoms with Crippen LogP contribution in [0.1, 0.15) is 30.7 Å². The highest BCUT2D eigenvalue weighted by molar-refractivity contribution is 6.29. The summed E-state index contributed by atoms with van der Waals surface area (Å²) >= 11 is 5.90. The van der Waals surface area contributed by atoms with Crippen LogP contribution in [0.5, 0.6) is 0 Å².